The number of carbonyl (C=O) groups excluding carboxylic acids is 1. The Morgan fingerprint density at radius 2 is 1.97 bits per heavy atom. The van der Waals surface area contributed by atoms with Gasteiger partial charge in [-0.3, -0.25) is 4.79 Å². The van der Waals surface area contributed by atoms with Crippen molar-refractivity contribution in [2.24, 2.45) is 0 Å². The van der Waals surface area contributed by atoms with Crippen LogP contribution in [0, 0.1) is 25.2 Å². The van der Waals surface area contributed by atoms with Crippen LogP contribution in [0.2, 0.25) is 0 Å². The maximum absolute atomic E-state index is 13.9. The van der Waals surface area contributed by atoms with E-state index in [0.29, 0.717) is 18.7 Å². The van der Waals surface area contributed by atoms with Gasteiger partial charge in [0.15, 0.2) is 0 Å². The Hall–Kier alpha value is -3.16. The molecule has 7 nitrogen and oxygen atoms in total. The second-order valence-corrected chi connectivity index (χ2v) is 9.10. The number of nitrogens with zero attached hydrogens (tertiary/aromatic N) is 5. The molecule has 188 valence electrons. The van der Waals surface area contributed by atoms with Crippen LogP contribution in [0.4, 0.5) is 24.7 Å². The molecule has 10 heteroatoms. The van der Waals surface area contributed by atoms with Crippen LogP contribution in [0.25, 0.3) is 0 Å². The summed E-state index contributed by atoms with van der Waals surface area (Å²) >= 11 is 0. The van der Waals surface area contributed by atoms with Crippen LogP contribution in [0.5, 0.6) is 0 Å². The minimum atomic E-state index is -4.76. The molecule has 0 saturated carbocycles. The molecular weight excluding hydrogens is 459 g/mol. The molecule has 2 aromatic rings. The number of aromatic nitrogens is 1. The maximum atomic E-state index is 13.9. The topological polar surface area (TPSA) is 83.7 Å². The van der Waals surface area contributed by atoms with Gasteiger partial charge in [0.2, 0.25) is 0 Å². The van der Waals surface area contributed by atoms with E-state index in [1.54, 1.807) is 17.0 Å². The summed E-state index contributed by atoms with van der Waals surface area (Å²) in [5.41, 5.74) is -0.0954. The Morgan fingerprint density at radius 3 is 2.57 bits per heavy atom. The van der Waals surface area contributed by atoms with Crippen molar-refractivity contribution >= 4 is 17.4 Å². The number of aliphatic hydroxyl groups is 1. The number of halogens is 3. The molecule has 2 heterocycles. The lowest BCUT2D eigenvalue weighted by atomic mass is 10.1. The van der Waals surface area contributed by atoms with Gasteiger partial charge in [0.1, 0.15) is 23.5 Å². The van der Waals surface area contributed by atoms with Gasteiger partial charge in [-0.05, 0) is 71.1 Å². The first-order chi connectivity index (χ1) is 16.4. The standard InChI is InChI=1S/C25H30F3N5O2/c1-16-7-5-8-18(13-16)32(11-6-10-31(3)4)24(35)22-21(34)9-12-33(22)23-19(15-29)20(25(26,27)28)14-17(2)30-23/h5,7-8,13-14,21-22,34H,6,9-12H2,1-4H3/t21-,22+/m1/s1. The SMILES string of the molecule is Cc1cccc(N(CCCN(C)C)C(=O)[C@@H]2[C@H](O)CCN2c2nc(C)cc(C(F)(F)F)c2C#N)c1. The first kappa shape index (κ1) is 26.4. The summed E-state index contributed by atoms with van der Waals surface area (Å²) in [4.78, 5) is 23.0. The fourth-order valence-electron chi connectivity index (χ4n) is 4.38. The van der Waals surface area contributed by atoms with Crippen molar-refractivity contribution in [1.82, 2.24) is 9.88 Å². The van der Waals surface area contributed by atoms with Gasteiger partial charge < -0.3 is 19.8 Å². The van der Waals surface area contributed by atoms with Gasteiger partial charge in [0.05, 0.1) is 11.7 Å². The molecule has 1 amide bonds. The van der Waals surface area contributed by atoms with Crippen LogP contribution in [-0.4, -0.2) is 66.8 Å². The van der Waals surface area contributed by atoms with E-state index < -0.39 is 35.4 Å². The minimum absolute atomic E-state index is 0.0698. The van der Waals surface area contributed by atoms with Crippen molar-refractivity contribution in [3.8, 4) is 6.07 Å². The number of benzene rings is 1. The average molecular weight is 490 g/mol. The predicted octanol–water partition coefficient (Wildman–Crippen LogP) is 3.51. The number of anilines is 2. The fourth-order valence-corrected chi connectivity index (χ4v) is 4.38. The summed E-state index contributed by atoms with van der Waals surface area (Å²) in [6, 6.07) is 8.65. The molecule has 2 atom stereocenters. The number of carbonyl (C=O) groups is 1. The highest BCUT2D eigenvalue weighted by atomic mass is 19.4. The van der Waals surface area contributed by atoms with Crippen molar-refractivity contribution in [2.45, 2.75) is 45.0 Å². The predicted molar refractivity (Wildman–Crippen MR) is 127 cm³/mol. The Kier molecular flexibility index (Phi) is 8.03. The quantitative estimate of drug-likeness (QED) is 0.641. The molecule has 0 bridgehead atoms. The number of hydrogen-bond acceptors (Lipinski definition) is 6. The van der Waals surface area contributed by atoms with E-state index >= 15 is 0 Å². The van der Waals surface area contributed by atoms with E-state index in [-0.39, 0.29) is 24.5 Å². The molecular formula is C25H30F3N5O2. The van der Waals surface area contributed by atoms with Gasteiger partial charge in [-0.1, -0.05) is 12.1 Å². The molecule has 1 aromatic carbocycles. The number of alkyl halides is 3. The number of aryl methyl sites for hydroxylation is 2. The molecule has 1 fully saturated rings. The van der Waals surface area contributed by atoms with Gasteiger partial charge >= 0.3 is 6.18 Å². The van der Waals surface area contributed by atoms with Gasteiger partial charge in [-0.15, -0.1) is 0 Å². The summed E-state index contributed by atoms with van der Waals surface area (Å²) in [6.07, 6.45) is -5.06. The number of aliphatic hydroxyl groups excluding tert-OH is 1. The molecule has 35 heavy (non-hydrogen) atoms. The summed E-state index contributed by atoms with van der Waals surface area (Å²) in [7, 11) is 3.85. The third-order valence-corrected chi connectivity index (χ3v) is 6.00. The smallest absolute Gasteiger partial charge is 0.390 e. The van der Waals surface area contributed by atoms with Crippen LogP contribution in [0.1, 0.15) is 35.2 Å². The van der Waals surface area contributed by atoms with Crippen LogP contribution in [0.3, 0.4) is 0 Å². The molecule has 0 unspecified atom stereocenters. The highest BCUT2D eigenvalue weighted by Crippen LogP contribution is 2.38. The zero-order valence-corrected chi connectivity index (χ0v) is 20.3. The zero-order valence-electron chi connectivity index (χ0n) is 20.3. The third-order valence-electron chi connectivity index (χ3n) is 6.00. The molecule has 0 radical (unpaired) electrons. The zero-order chi connectivity index (χ0) is 25.9. The Labute approximate surface area is 203 Å². The number of amides is 1. The molecule has 1 aromatic heterocycles. The Bertz CT molecular complexity index is 1110. The largest absolute Gasteiger partial charge is 0.417 e. The fraction of sp³-hybridized carbons (Fsp3) is 0.480. The third kappa shape index (κ3) is 5.92. The monoisotopic (exact) mass is 489 g/mol. The van der Waals surface area contributed by atoms with Gasteiger partial charge in [-0.25, -0.2) is 4.98 Å². The van der Waals surface area contributed by atoms with Crippen molar-refractivity contribution in [3.05, 3.63) is 52.7 Å². The van der Waals surface area contributed by atoms with E-state index in [2.05, 4.69) is 4.98 Å². The summed E-state index contributed by atoms with van der Waals surface area (Å²) in [6.45, 7) is 4.48. The van der Waals surface area contributed by atoms with E-state index in [1.807, 2.05) is 44.1 Å². The number of hydrogen-bond donors (Lipinski definition) is 1. The van der Waals surface area contributed by atoms with Crippen molar-refractivity contribution in [3.63, 3.8) is 0 Å². The van der Waals surface area contributed by atoms with Crippen LogP contribution < -0.4 is 9.80 Å². The van der Waals surface area contributed by atoms with Crippen molar-refractivity contribution in [1.29, 1.82) is 5.26 Å². The summed E-state index contributed by atoms with van der Waals surface area (Å²) in [5.74, 6) is -0.674. The summed E-state index contributed by atoms with van der Waals surface area (Å²) < 4.78 is 41.0. The van der Waals surface area contributed by atoms with Crippen molar-refractivity contribution < 1.29 is 23.1 Å². The van der Waals surface area contributed by atoms with Gasteiger partial charge in [0.25, 0.3) is 5.91 Å². The Morgan fingerprint density at radius 1 is 1.26 bits per heavy atom. The molecule has 1 saturated heterocycles. The molecule has 1 N–H and O–H groups in total. The first-order valence-corrected chi connectivity index (χ1v) is 11.4. The van der Waals surface area contributed by atoms with Gasteiger partial charge in [-0.2, -0.15) is 18.4 Å². The van der Waals surface area contributed by atoms with Crippen molar-refractivity contribution in [2.75, 3.05) is 43.5 Å². The molecule has 1 aliphatic rings. The molecule has 0 aliphatic carbocycles. The number of rotatable bonds is 7. The van der Waals surface area contributed by atoms with E-state index in [1.165, 1.54) is 11.8 Å². The van der Waals surface area contributed by atoms with Crippen LogP contribution >= 0.6 is 0 Å². The normalized spacial score (nSPS) is 18.1. The van der Waals surface area contributed by atoms with Gasteiger partial charge in [0, 0.05) is 24.5 Å². The second kappa shape index (κ2) is 10.6. The molecule has 0 spiro atoms. The lowest BCUT2D eigenvalue weighted by Gasteiger charge is -2.33. The highest BCUT2D eigenvalue weighted by Gasteiger charge is 2.44. The molecule has 3 rings (SSSR count). The van der Waals surface area contributed by atoms with E-state index in [0.717, 1.165) is 18.2 Å². The highest BCUT2D eigenvalue weighted by molar-refractivity contribution is 6.00. The van der Waals surface area contributed by atoms with E-state index in [9.17, 15) is 28.3 Å². The maximum Gasteiger partial charge on any atom is 0.417 e. The number of nitriles is 1. The minimum Gasteiger partial charge on any atom is -0.390 e. The number of pyridine rings is 1. The van der Waals surface area contributed by atoms with Crippen LogP contribution in [0.15, 0.2) is 30.3 Å². The summed E-state index contributed by atoms with van der Waals surface area (Å²) in [5, 5.41) is 20.4. The second-order valence-electron chi connectivity index (χ2n) is 9.10. The first-order valence-electron chi connectivity index (χ1n) is 11.4. The molecule has 1 aliphatic heterocycles. The Balaban J connectivity index is 2.05. The lowest BCUT2D eigenvalue weighted by molar-refractivity contribution is -0.137. The van der Waals surface area contributed by atoms with E-state index in [4.69, 9.17) is 0 Å². The lowest BCUT2D eigenvalue weighted by Crippen LogP contribution is -2.51. The average Bonchev–Trinajstić information content (AvgIpc) is 3.16. The van der Waals surface area contributed by atoms with Crippen LogP contribution in [-0.2, 0) is 11.0 Å².